The lowest BCUT2D eigenvalue weighted by Gasteiger charge is -2.33. The molecule has 25 heavy (non-hydrogen) atoms. The third-order valence-electron chi connectivity index (χ3n) is 4.63. The van der Waals surface area contributed by atoms with Gasteiger partial charge in [-0.2, -0.15) is 9.82 Å². The van der Waals surface area contributed by atoms with E-state index in [0.29, 0.717) is 0 Å². The van der Waals surface area contributed by atoms with Gasteiger partial charge in [-0.15, -0.1) is 4.18 Å². The molecule has 1 unspecified atom stereocenters. The fourth-order valence-electron chi connectivity index (χ4n) is 2.92. The molecule has 1 atom stereocenters. The van der Waals surface area contributed by atoms with Crippen molar-refractivity contribution in [1.82, 2.24) is 19.7 Å². The number of nitrogens with one attached hydrogen (secondary N) is 1. The second-order valence-corrected chi connectivity index (χ2v) is 7.90. The van der Waals surface area contributed by atoms with Gasteiger partial charge in [-0.05, 0) is 27.0 Å². The Balaban J connectivity index is 1.73. The van der Waals surface area contributed by atoms with Gasteiger partial charge in [-0.25, -0.2) is 4.98 Å². The minimum Gasteiger partial charge on any atom is -0.354 e. The van der Waals surface area contributed by atoms with Crippen LogP contribution in [0.1, 0.15) is 11.4 Å². The smallest absolute Gasteiger partial charge is 0.307 e. The number of aromatic nitrogens is 3. The lowest BCUT2D eigenvalue weighted by atomic mass is 10.3. The van der Waals surface area contributed by atoms with Crippen LogP contribution < -0.4 is 9.62 Å². The molecule has 0 aliphatic carbocycles. The summed E-state index contributed by atoms with van der Waals surface area (Å²) in [7, 11) is 5.82. The lowest BCUT2D eigenvalue weighted by Crippen LogP contribution is -2.44. The van der Waals surface area contributed by atoms with Crippen molar-refractivity contribution in [1.29, 1.82) is 0 Å². The summed E-state index contributed by atoms with van der Waals surface area (Å²) in [5.74, 6) is 1.03. The van der Waals surface area contributed by atoms with Crippen LogP contribution in [0, 0.1) is 13.8 Å². The minimum absolute atomic E-state index is 0.565. The number of hydrogen-bond acceptors (Lipinski definition) is 6. The average Bonchev–Trinajstić information content (AvgIpc) is 2.86. The highest BCUT2D eigenvalue weighted by molar-refractivity contribution is 7.93. The number of hydrogen-bond donors (Lipinski definition) is 1. The third-order valence-corrected chi connectivity index (χ3v) is 6.03. The number of likely N-dealkylation sites (N-methyl/N-ethyl adjacent to an activating group) is 1. The van der Waals surface area contributed by atoms with Gasteiger partial charge in [-0.1, -0.05) is 0 Å². The number of pyridine rings is 1. The number of rotatable bonds is 5. The molecular weight excluding hydrogens is 336 g/mol. The van der Waals surface area contributed by atoms with E-state index in [9.17, 15) is 0 Å². The van der Waals surface area contributed by atoms with Crippen LogP contribution in [0.5, 0.6) is 0 Å². The molecule has 3 rings (SSSR count). The van der Waals surface area contributed by atoms with Crippen LogP contribution in [0.25, 0.3) is 0 Å². The van der Waals surface area contributed by atoms with Gasteiger partial charge in [0.25, 0.3) is 0 Å². The van der Waals surface area contributed by atoms with E-state index < -0.39 is 11.4 Å². The zero-order valence-electron chi connectivity index (χ0n) is 15.6. The Hall–Kier alpha value is -1.77. The molecule has 1 aliphatic heterocycles. The van der Waals surface area contributed by atoms with Gasteiger partial charge in [0.05, 0.1) is 24.7 Å². The summed E-state index contributed by atoms with van der Waals surface area (Å²) < 4.78 is 11.0. The Labute approximate surface area is 152 Å². The second-order valence-electron chi connectivity index (χ2n) is 6.35. The van der Waals surface area contributed by atoms with Crippen molar-refractivity contribution in [3.8, 4) is 0 Å². The Morgan fingerprint density at radius 2 is 1.84 bits per heavy atom. The maximum atomic E-state index is 5.68. The average molecular weight is 364 g/mol. The van der Waals surface area contributed by atoms with Gasteiger partial charge in [0, 0.05) is 39.3 Å². The van der Waals surface area contributed by atoms with E-state index in [1.165, 1.54) is 0 Å². The monoisotopic (exact) mass is 363 g/mol. The highest BCUT2D eigenvalue weighted by Crippen LogP contribution is 2.25. The SMILES string of the molecule is CO[S+](Nc1c(C)nn(C)c1C)c1ccc(N2CCN(C)CC2)nc1. The standard InChI is InChI=1S/C17H27N6OS/c1-13-17(14(2)22(4)19-13)20-25(24-5)15-6-7-16(18-12-15)23-10-8-21(3)9-11-23/h6-7,12,20H,8-11H2,1-5H3/q+1. The molecule has 2 aromatic rings. The summed E-state index contributed by atoms with van der Waals surface area (Å²) in [6, 6.07) is 4.19. The van der Waals surface area contributed by atoms with Gasteiger partial charge in [0.15, 0.2) is 0 Å². The molecule has 0 amide bonds. The van der Waals surface area contributed by atoms with Crippen LogP contribution in [0.3, 0.4) is 0 Å². The summed E-state index contributed by atoms with van der Waals surface area (Å²) in [6.07, 6.45) is 1.91. The molecule has 0 saturated carbocycles. The van der Waals surface area contributed by atoms with Crippen LogP contribution in [0.15, 0.2) is 23.2 Å². The van der Waals surface area contributed by atoms with Crippen molar-refractivity contribution in [2.75, 3.05) is 50.0 Å². The molecule has 3 heterocycles. The molecule has 0 radical (unpaired) electrons. The zero-order chi connectivity index (χ0) is 18.0. The van der Waals surface area contributed by atoms with Crippen molar-refractivity contribution in [3.63, 3.8) is 0 Å². The summed E-state index contributed by atoms with van der Waals surface area (Å²) in [5.41, 5.74) is 3.08. The zero-order valence-corrected chi connectivity index (χ0v) is 16.4. The highest BCUT2D eigenvalue weighted by atomic mass is 32.2. The van der Waals surface area contributed by atoms with E-state index in [0.717, 1.165) is 54.0 Å². The Kier molecular flexibility index (Phi) is 5.51. The van der Waals surface area contributed by atoms with Gasteiger partial charge in [0.2, 0.25) is 4.90 Å². The van der Waals surface area contributed by atoms with Crippen LogP contribution in [0.4, 0.5) is 11.5 Å². The Bertz CT molecular complexity index is 709. The van der Waals surface area contributed by atoms with Crippen LogP contribution in [-0.4, -0.2) is 60.0 Å². The highest BCUT2D eigenvalue weighted by Gasteiger charge is 2.28. The van der Waals surface area contributed by atoms with Crippen LogP contribution in [0.2, 0.25) is 0 Å². The van der Waals surface area contributed by atoms with Crippen molar-refractivity contribution in [2.45, 2.75) is 18.7 Å². The number of nitrogens with zero attached hydrogens (tertiary/aromatic N) is 5. The quantitative estimate of drug-likeness (QED) is 0.817. The first kappa shape index (κ1) is 18.0. The molecule has 7 nitrogen and oxygen atoms in total. The first-order chi connectivity index (χ1) is 12.0. The molecule has 0 bridgehead atoms. The molecule has 136 valence electrons. The first-order valence-electron chi connectivity index (χ1n) is 8.44. The molecule has 1 N–H and O–H groups in total. The van der Waals surface area contributed by atoms with Gasteiger partial charge in [0.1, 0.15) is 11.5 Å². The third kappa shape index (κ3) is 3.91. The maximum Gasteiger partial charge on any atom is 0.307 e. The van der Waals surface area contributed by atoms with Crippen molar-refractivity contribution in [3.05, 3.63) is 29.7 Å². The van der Waals surface area contributed by atoms with E-state index in [4.69, 9.17) is 4.18 Å². The van der Waals surface area contributed by atoms with E-state index in [1.807, 2.05) is 31.8 Å². The minimum atomic E-state index is -0.565. The maximum absolute atomic E-state index is 5.68. The van der Waals surface area contributed by atoms with Crippen LogP contribution >= 0.6 is 0 Å². The van der Waals surface area contributed by atoms with Crippen LogP contribution in [-0.2, 0) is 22.6 Å². The lowest BCUT2D eigenvalue weighted by molar-refractivity contribution is 0.312. The van der Waals surface area contributed by atoms with E-state index in [1.54, 1.807) is 7.11 Å². The summed E-state index contributed by atoms with van der Waals surface area (Å²) in [4.78, 5) is 10.4. The topological polar surface area (TPSA) is 58.5 Å². The fourth-order valence-corrected chi connectivity index (χ4v) is 4.13. The Morgan fingerprint density at radius 3 is 2.36 bits per heavy atom. The number of anilines is 2. The Morgan fingerprint density at radius 1 is 1.12 bits per heavy atom. The van der Waals surface area contributed by atoms with Crippen molar-refractivity contribution >= 4 is 22.9 Å². The fraction of sp³-hybridized carbons (Fsp3) is 0.529. The summed E-state index contributed by atoms with van der Waals surface area (Å²) >= 11 is -0.565. The molecule has 1 aliphatic rings. The normalized spacial score (nSPS) is 16.9. The second kappa shape index (κ2) is 7.63. The van der Waals surface area contributed by atoms with Gasteiger partial charge >= 0.3 is 11.4 Å². The molecular formula is C17H27N6OS+. The van der Waals surface area contributed by atoms with E-state index >= 15 is 0 Å². The predicted molar refractivity (Wildman–Crippen MR) is 103 cm³/mol. The summed E-state index contributed by atoms with van der Waals surface area (Å²) in [6.45, 7) is 8.24. The van der Waals surface area contributed by atoms with Crippen molar-refractivity contribution < 1.29 is 4.18 Å². The van der Waals surface area contributed by atoms with E-state index in [2.05, 4.69) is 43.8 Å². The van der Waals surface area contributed by atoms with Crippen molar-refractivity contribution in [2.24, 2.45) is 7.05 Å². The van der Waals surface area contributed by atoms with Gasteiger partial charge < -0.3 is 9.80 Å². The number of aryl methyl sites for hydroxylation is 2. The summed E-state index contributed by atoms with van der Waals surface area (Å²) in [5, 5.41) is 4.45. The first-order valence-corrected chi connectivity index (χ1v) is 9.59. The number of piperazine rings is 1. The molecule has 0 aromatic carbocycles. The molecule has 1 saturated heterocycles. The molecule has 2 aromatic heterocycles. The molecule has 0 spiro atoms. The van der Waals surface area contributed by atoms with Gasteiger partial charge in [-0.3, -0.25) is 4.68 Å². The molecule has 8 heteroatoms. The van der Waals surface area contributed by atoms with E-state index in [-0.39, 0.29) is 0 Å². The molecule has 1 fully saturated rings. The predicted octanol–water partition coefficient (Wildman–Crippen LogP) is 1.75. The largest absolute Gasteiger partial charge is 0.354 e.